The van der Waals surface area contributed by atoms with Crippen LogP contribution in [0.1, 0.15) is 45.8 Å². The highest BCUT2D eigenvalue weighted by Crippen LogP contribution is 2.26. The average Bonchev–Trinajstić information content (AvgIpc) is 3.13. The summed E-state index contributed by atoms with van der Waals surface area (Å²) in [6.07, 6.45) is 0.500. The largest absolute Gasteiger partial charge is 0.489 e. The highest BCUT2D eigenvalue weighted by molar-refractivity contribution is 7.14. The average molecular weight is 418 g/mol. The molecule has 0 aliphatic carbocycles. The Morgan fingerprint density at radius 2 is 1.72 bits per heavy atom. The number of aryl methyl sites for hydroxylation is 2. The van der Waals surface area contributed by atoms with Crippen molar-refractivity contribution in [3.63, 3.8) is 0 Å². The molecule has 29 heavy (non-hydrogen) atoms. The molecule has 0 aliphatic rings. The van der Waals surface area contributed by atoms with Gasteiger partial charge in [0.25, 0.3) is 0 Å². The molecule has 6 nitrogen and oxygen atoms in total. The second-order valence-electron chi connectivity index (χ2n) is 6.76. The second-order valence-corrected chi connectivity index (χ2v) is 8.05. The minimum atomic E-state index is -0.265. The zero-order valence-corrected chi connectivity index (χ0v) is 17.9. The van der Waals surface area contributed by atoms with E-state index in [4.69, 9.17) is 9.47 Å². The minimum absolute atomic E-state index is 0.0293. The number of nitrogens with one attached hydrogen (secondary N) is 1. The molecule has 0 saturated heterocycles. The third kappa shape index (κ3) is 7.79. The SMILES string of the molecule is COCCOc1cc(C)ccc1NC(=O)CCC(=O)CCC(=O)c1ccc(C)s1. The third-order valence-corrected chi connectivity index (χ3v) is 5.27. The first-order valence-electron chi connectivity index (χ1n) is 9.52. The first-order chi connectivity index (χ1) is 13.9. The summed E-state index contributed by atoms with van der Waals surface area (Å²) in [5, 5.41) is 2.79. The van der Waals surface area contributed by atoms with Crippen LogP contribution in [-0.2, 0) is 14.3 Å². The molecular formula is C22H27NO5S. The molecule has 1 aromatic carbocycles. The van der Waals surface area contributed by atoms with E-state index in [-0.39, 0.29) is 43.2 Å². The van der Waals surface area contributed by atoms with Crippen molar-refractivity contribution in [1.29, 1.82) is 0 Å². The quantitative estimate of drug-likeness (QED) is 0.410. The van der Waals surface area contributed by atoms with E-state index in [1.807, 2.05) is 32.0 Å². The molecule has 0 atom stereocenters. The number of Topliss-reactive ketones (excluding diaryl/α,β-unsaturated/α-hetero) is 2. The number of ketones is 2. The molecule has 2 rings (SSSR count). The molecule has 0 spiro atoms. The smallest absolute Gasteiger partial charge is 0.224 e. The number of ether oxygens (including phenoxy) is 2. The van der Waals surface area contributed by atoms with Crippen LogP contribution in [0.3, 0.4) is 0 Å². The van der Waals surface area contributed by atoms with Gasteiger partial charge < -0.3 is 14.8 Å². The molecule has 0 bridgehead atoms. The number of rotatable bonds is 12. The number of methoxy groups -OCH3 is 1. The molecule has 7 heteroatoms. The number of carbonyl (C=O) groups excluding carboxylic acids is 3. The maximum Gasteiger partial charge on any atom is 0.224 e. The van der Waals surface area contributed by atoms with Gasteiger partial charge in [-0.3, -0.25) is 14.4 Å². The maximum absolute atomic E-state index is 12.2. The summed E-state index contributed by atoms with van der Waals surface area (Å²) in [6.45, 7) is 4.69. The fourth-order valence-electron chi connectivity index (χ4n) is 2.64. The first kappa shape index (κ1) is 22.8. The Bertz CT molecular complexity index is 859. The lowest BCUT2D eigenvalue weighted by Gasteiger charge is -2.13. The molecule has 0 radical (unpaired) electrons. The van der Waals surface area contributed by atoms with Gasteiger partial charge in [-0.25, -0.2) is 0 Å². The van der Waals surface area contributed by atoms with Crippen molar-refractivity contribution < 1.29 is 23.9 Å². The predicted molar refractivity (Wildman–Crippen MR) is 114 cm³/mol. The van der Waals surface area contributed by atoms with E-state index in [1.54, 1.807) is 19.2 Å². The van der Waals surface area contributed by atoms with Gasteiger partial charge in [0.2, 0.25) is 5.91 Å². The number of carbonyl (C=O) groups is 3. The standard InChI is InChI=1S/C22H27NO5S/c1-15-4-8-18(20(14-15)28-13-12-27-3)23-22(26)11-7-17(24)6-9-19(25)21-10-5-16(2)29-21/h4-5,8,10,14H,6-7,9,11-13H2,1-3H3,(H,23,26). The molecule has 1 heterocycles. The van der Waals surface area contributed by atoms with Crippen LogP contribution in [0.2, 0.25) is 0 Å². The van der Waals surface area contributed by atoms with Crippen LogP contribution >= 0.6 is 11.3 Å². The normalized spacial score (nSPS) is 10.6. The van der Waals surface area contributed by atoms with E-state index in [1.165, 1.54) is 11.3 Å². The van der Waals surface area contributed by atoms with E-state index in [9.17, 15) is 14.4 Å². The van der Waals surface area contributed by atoms with Gasteiger partial charge in [0.15, 0.2) is 5.78 Å². The molecule has 0 saturated carbocycles. The van der Waals surface area contributed by atoms with Crippen LogP contribution in [0.4, 0.5) is 5.69 Å². The number of hydrogen-bond donors (Lipinski definition) is 1. The molecule has 2 aromatic rings. The van der Waals surface area contributed by atoms with Gasteiger partial charge in [-0.05, 0) is 43.7 Å². The number of benzene rings is 1. The first-order valence-corrected chi connectivity index (χ1v) is 10.3. The Hall–Kier alpha value is -2.51. The van der Waals surface area contributed by atoms with Crippen molar-refractivity contribution in [3.05, 3.63) is 45.6 Å². The third-order valence-electron chi connectivity index (χ3n) is 4.23. The molecule has 0 aliphatic heterocycles. The monoisotopic (exact) mass is 417 g/mol. The summed E-state index contributed by atoms with van der Waals surface area (Å²) in [5.41, 5.74) is 1.57. The summed E-state index contributed by atoms with van der Waals surface area (Å²) in [4.78, 5) is 38.1. The molecule has 156 valence electrons. The van der Waals surface area contributed by atoms with Crippen molar-refractivity contribution in [2.75, 3.05) is 25.6 Å². The summed E-state index contributed by atoms with van der Waals surface area (Å²) >= 11 is 1.43. The van der Waals surface area contributed by atoms with E-state index in [2.05, 4.69) is 5.32 Å². The Kier molecular flexibility index (Phi) is 9.02. The van der Waals surface area contributed by atoms with Crippen molar-refractivity contribution in [1.82, 2.24) is 0 Å². The summed E-state index contributed by atoms with van der Waals surface area (Å²) < 4.78 is 10.6. The molecule has 1 N–H and O–H groups in total. The second kappa shape index (κ2) is 11.5. The Morgan fingerprint density at radius 3 is 2.41 bits per heavy atom. The van der Waals surface area contributed by atoms with E-state index in [0.717, 1.165) is 10.4 Å². The predicted octanol–water partition coefficient (Wildman–Crippen LogP) is 4.34. The summed E-state index contributed by atoms with van der Waals surface area (Å²) in [7, 11) is 1.59. The lowest BCUT2D eigenvalue weighted by molar-refractivity contribution is -0.122. The van der Waals surface area contributed by atoms with Crippen molar-refractivity contribution in [2.24, 2.45) is 0 Å². The number of amides is 1. The number of hydrogen-bond acceptors (Lipinski definition) is 6. The van der Waals surface area contributed by atoms with E-state index < -0.39 is 0 Å². The molecule has 0 unspecified atom stereocenters. The van der Waals surface area contributed by atoms with Gasteiger partial charge >= 0.3 is 0 Å². The summed E-state index contributed by atoms with van der Waals surface area (Å²) in [6, 6.07) is 9.17. The topological polar surface area (TPSA) is 81.7 Å². The van der Waals surface area contributed by atoms with Crippen LogP contribution in [0.15, 0.2) is 30.3 Å². The van der Waals surface area contributed by atoms with Crippen molar-refractivity contribution in [3.8, 4) is 5.75 Å². The zero-order chi connectivity index (χ0) is 21.2. The van der Waals surface area contributed by atoms with Gasteiger partial charge in [0.05, 0.1) is 17.2 Å². The fraction of sp³-hybridized carbons (Fsp3) is 0.409. The molecule has 1 aromatic heterocycles. The van der Waals surface area contributed by atoms with Gasteiger partial charge in [-0.2, -0.15) is 0 Å². The number of thiophene rings is 1. The molecular weight excluding hydrogens is 390 g/mol. The van der Waals surface area contributed by atoms with E-state index >= 15 is 0 Å². The zero-order valence-electron chi connectivity index (χ0n) is 17.1. The van der Waals surface area contributed by atoms with Crippen LogP contribution in [0.25, 0.3) is 0 Å². The Labute approximate surface area is 175 Å². The highest BCUT2D eigenvalue weighted by Gasteiger charge is 2.14. The minimum Gasteiger partial charge on any atom is -0.489 e. The van der Waals surface area contributed by atoms with Crippen molar-refractivity contribution in [2.45, 2.75) is 39.5 Å². The molecule has 0 fully saturated rings. The van der Waals surface area contributed by atoms with Crippen molar-refractivity contribution >= 4 is 34.5 Å². The van der Waals surface area contributed by atoms with Crippen LogP contribution in [0, 0.1) is 13.8 Å². The van der Waals surface area contributed by atoms with Gasteiger partial charge in [0.1, 0.15) is 18.1 Å². The van der Waals surface area contributed by atoms with Crippen LogP contribution < -0.4 is 10.1 Å². The summed E-state index contributed by atoms with van der Waals surface area (Å²) in [5.74, 6) is 0.179. The van der Waals surface area contributed by atoms with E-state index in [0.29, 0.717) is 29.5 Å². The van der Waals surface area contributed by atoms with Gasteiger partial charge in [-0.1, -0.05) is 6.07 Å². The Morgan fingerprint density at radius 1 is 0.966 bits per heavy atom. The lowest BCUT2D eigenvalue weighted by atomic mass is 10.1. The van der Waals surface area contributed by atoms with Gasteiger partial charge in [-0.15, -0.1) is 11.3 Å². The number of anilines is 1. The Balaban J connectivity index is 1.79. The van der Waals surface area contributed by atoms with Crippen LogP contribution in [0.5, 0.6) is 5.75 Å². The van der Waals surface area contributed by atoms with Crippen LogP contribution in [-0.4, -0.2) is 37.8 Å². The molecule has 1 amide bonds. The lowest BCUT2D eigenvalue weighted by Crippen LogP contribution is -2.15. The highest BCUT2D eigenvalue weighted by atomic mass is 32.1. The van der Waals surface area contributed by atoms with Gasteiger partial charge in [0, 0.05) is 37.7 Å². The fourth-order valence-corrected chi connectivity index (χ4v) is 3.47. The maximum atomic E-state index is 12.2.